The number of ether oxygens (including phenoxy) is 1. The van der Waals surface area contributed by atoms with Crippen molar-refractivity contribution in [3.8, 4) is 0 Å². The molecule has 0 aromatic heterocycles. The molecule has 0 aromatic rings. The summed E-state index contributed by atoms with van der Waals surface area (Å²) in [6.45, 7) is 6.08. The van der Waals surface area contributed by atoms with E-state index < -0.39 is 12.1 Å². The zero-order chi connectivity index (χ0) is 18.6. The van der Waals surface area contributed by atoms with Gasteiger partial charge in [-0.25, -0.2) is 9.59 Å². The highest BCUT2D eigenvalue weighted by atomic mass is 16.5. The Morgan fingerprint density at radius 1 is 1.04 bits per heavy atom. The monoisotopic (exact) mass is 362 g/mol. The van der Waals surface area contributed by atoms with Crippen LogP contribution >= 0.6 is 0 Å². The summed E-state index contributed by atoms with van der Waals surface area (Å²) in [5.74, 6) is 4.57. The van der Waals surface area contributed by atoms with Gasteiger partial charge in [-0.15, -0.1) is 0 Å². The van der Waals surface area contributed by atoms with E-state index >= 15 is 0 Å². The first kappa shape index (κ1) is 18.1. The number of urea groups is 1. The van der Waals surface area contributed by atoms with Crippen LogP contribution < -0.4 is 5.73 Å². The van der Waals surface area contributed by atoms with Gasteiger partial charge >= 0.3 is 12.0 Å². The number of nitrogens with zero attached hydrogens (tertiary/aromatic N) is 1. The zero-order valence-electron chi connectivity index (χ0n) is 16.4. The second kappa shape index (κ2) is 6.72. The maximum atomic E-state index is 12.5. The van der Waals surface area contributed by atoms with Gasteiger partial charge in [0, 0.05) is 6.04 Å². The summed E-state index contributed by atoms with van der Waals surface area (Å²) in [5, 5.41) is 0. The van der Waals surface area contributed by atoms with Crippen molar-refractivity contribution in [1.29, 1.82) is 0 Å². The Hall–Kier alpha value is -1.26. The third-order valence-electron chi connectivity index (χ3n) is 7.67. The number of carbonyl (C=O) groups excluding carboxylic acids is 2. The summed E-state index contributed by atoms with van der Waals surface area (Å²) in [5.41, 5.74) is 5.77. The van der Waals surface area contributed by atoms with Gasteiger partial charge < -0.3 is 15.4 Å². The number of amides is 2. The second-order valence-corrected chi connectivity index (χ2v) is 9.66. The summed E-state index contributed by atoms with van der Waals surface area (Å²) in [6.07, 6.45) is 8.04. The normalized spacial score (nSPS) is 41.2. The van der Waals surface area contributed by atoms with E-state index in [9.17, 15) is 9.59 Å². The molecular weight excluding hydrogens is 328 g/mol. The first-order valence-corrected chi connectivity index (χ1v) is 10.6. The Labute approximate surface area is 157 Å². The fourth-order valence-corrected chi connectivity index (χ4v) is 7.04. The lowest BCUT2D eigenvalue weighted by atomic mass is 9.51. The van der Waals surface area contributed by atoms with Crippen molar-refractivity contribution in [2.45, 2.75) is 71.4 Å². The lowest BCUT2D eigenvalue weighted by molar-refractivity contribution is -0.150. The topological polar surface area (TPSA) is 72.6 Å². The first-order chi connectivity index (χ1) is 12.4. The summed E-state index contributed by atoms with van der Waals surface area (Å²) >= 11 is 0. The Bertz CT molecular complexity index is 548. The van der Waals surface area contributed by atoms with Gasteiger partial charge in [0.1, 0.15) is 6.04 Å². The van der Waals surface area contributed by atoms with Gasteiger partial charge in [0.25, 0.3) is 0 Å². The number of hydrogen-bond donors (Lipinski definition) is 1. The van der Waals surface area contributed by atoms with E-state index in [1.807, 2.05) is 13.8 Å². The molecule has 5 rings (SSSR count). The maximum absolute atomic E-state index is 12.5. The Morgan fingerprint density at radius 2 is 1.62 bits per heavy atom. The molecule has 4 bridgehead atoms. The molecular formula is C21H34N2O3. The molecule has 0 aromatic carbocycles. The van der Waals surface area contributed by atoms with Crippen molar-refractivity contribution in [2.75, 3.05) is 6.61 Å². The molecule has 2 N–H and O–H groups in total. The SMILES string of the molecule is CCOC(=O)C(C(C)C)N(C(N)=O)C1CC1C1C2CC3CC(C2)CC1C3. The van der Waals surface area contributed by atoms with Crippen molar-refractivity contribution in [3.63, 3.8) is 0 Å². The van der Waals surface area contributed by atoms with Crippen molar-refractivity contribution in [1.82, 2.24) is 4.90 Å². The van der Waals surface area contributed by atoms with Gasteiger partial charge in [-0.3, -0.25) is 0 Å². The molecule has 0 spiro atoms. The van der Waals surface area contributed by atoms with E-state index in [-0.39, 0.29) is 17.9 Å². The largest absolute Gasteiger partial charge is 0.464 e. The van der Waals surface area contributed by atoms with E-state index in [0.717, 1.165) is 36.0 Å². The van der Waals surface area contributed by atoms with Crippen LogP contribution in [0.25, 0.3) is 0 Å². The molecule has 3 atom stereocenters. The highest BCUT2D eigenvalue weighted by molar-refractivity contribution is 5.83. The number of esters is 1. The highest BCUT2D eigenvalue weighted by Crippen LogP contribution is 2.62. The molecule has 3 unspecified atom stereocenters. The zero-order valence-corrected chi connectivity index (χ0v) is 16.4. The lowest BCUT2D eigenvalue weighted by Crippen LogP contribution is -2.53. The van der Waals surface area contributed by atoms with Crippen molar-refractivity contribution < 1.29 is 14.3 Å². The van der Waals surface area contributed by atoms with Gasteiger partial charge in [-0.1, -0.05) is 13.8 Å². The standard InChI is InChI=1S/C21H34N2O3/c1-4-26-20(24)19(11(2)3)23(21(22)25)17-10-16(17)18-14-6-12-5-13(8-14)9-15(18)7-12/h11-19H,4-10H2,1-3H3,(H2,22,25). The number of carbonyl (C=O) groups is 2. The van der Waals surface area contributed by atoms with Crippen molar-refractivity contribution in [2.24, 2.45) is 47.2 Å². The number of primary amides is 1. The van der Waals surface area contributed by atoms with Crippen LogP contribution in [0.15, 0.2) is 0 Å². The molecule has 0 saturated heterocycles. The van der Waals surface area contributed by atoms with Crippen LogP contribution in [0, 0.1) is 41.4 Å². The van der Waals surface area contributed by atoms with Crippen LogP contribution in [0.2, 0.25) is 0 Å². The molecule has 5 saturated carbocycles. The molecule has 0 radical (unpaired) electrons. The minimum atomic E-state index is -0.556. The van der Waals surface area contributed by atoms with Crippen LogP contribution in [0.4, 0.5) is 4.79 Å². The van der Waals surface area contributed by atoms with Crippen LogP contribution in [-0.2, 0) is 9.53 Å². The van der Waals surface area contributed by atoms with Crippen molar-refractivity contribution in [3.05, 3.63) is 0 Å². The molecule has 5 aliphatic rings. The third kappa shape index (κ3) is 3.01. The number of nitrogens with two attached hydrogens (primary N) is 1. The molecule has 5 heteroatoms. The number of rotatable bonds is 6. The molecule has 146 valence electrons. The van der Waals surface area contributed by atoms with Gasteiger partial charge in [0.2, 0.25) is 0 Å². The van der Waals surface area contributed by atoms with Crippen LogP contribution in [-0.4, -0.2) is 35.6 Å². The molecule has 5 fully saturated rings. The van der Waals surface area contributed by atoms with Crippen LogP contribution in [0.5, 0.6) is 0 Å². The highest BCUT2D eigenvalue weighted by Gasteiger charge is 2.59. The van der Waals surface area contributed by atoms with Crippen LogP contribution in [0.1, 0.15) is 59.3 Å². The molecule has 0 heterocycles. The molecule has 0 aliphatic heterocycles. The fourth-order valence-electron chi connectivity index (χ4n) is 7.04. The van der Waals surface area contributed by atoms with Gasteiger partial charge in [0.05, 0.1) is 6.61 Å². The maximum Gasteiger partial charge on any atom is 0.329 e. The Balaban J connectivity index is 1.50. The summed E-state index contributed by atoms with van der Waals surface area (Å²) in [4.78, 5) is 26.5. The van der Waals surface area contributed by atoms with Gasteiger partial charge in [0.15, 0.2) is 0 Å². The average Bonchev–Trinajstić information content (AvgIpc) is 3.30. The Morgan fingerprint density at radius 3 is 2.08 bits per heavy atom. The quantitative estimate of drug-likeness (QED) is 0.736. The van der Waals surface area contributed by atoms with E-state index in [0.29, 0.717) is 12.5 Å². The summed E-state index contributed by atoms with van der Waals surface area (Å²) < 4.78 is 5.26. The lowest BCUT2D eigenvalue weighted by Gasteiger charge is -2.55. The first-order valence-electron chi connectivity index (χ1n) is 10.6. The molecule has 26 heavy (non-hydrogen) atoms. The molecule has 5 nitrogen and oxygen atoms in total. The smallest absolute Gasteiger partial charge is 0.329 e. The average molecular weight is 363 g/mol. The summed E-state index contributed by atoms with van der Waals surface area (Å²) in [6, 6.07) is -0.890. The predicted octanol–water partition coefficient (Wildman–Crippen LogP) is 3.42. The minimum absolute atomic E-state index is 0.00120. The van der Waals surface area contributed by atoms with Crippen LogP contribution in [0.3, 0.4) is 0 Å². The second-order valence-electron chi connectivity index (χ2n) is 9.66. The fraction of sp³-hybridized carbons (Fsp3) is 0.905. The molecule has 5 aliphatic carbocycles. The molecule has 2 amide bonds. The summed E-state index contributed by atoms with van der Waals surface area (Å²) in [7, 11) is 0. The van der Waals surface area contributed by atoms with Gasteiger partial charge in [-0.05, 0) is 86.9 Å². The number of hydrogen-bond acceptors (Lipinski definition) is 3. The Kier molecular flexibility index (Phi) is 4.68. The van der Waals surface area contributed by atoms with E-state index in [1.165, 1.54) is 32.1 Å². The van der Waals surface area contributed by atoms with E-state index in [1.54, 1.807) is 11.8 Å². The third-order valence-corrected chi connectivity index (χ3v) is 7.67. The van der Waals surface area contributed by atoms with Crippen molar-refractivity contribution >= 4 is 12.0 Å². The van der Waals surface area contributed by atoms with Gasteiger partial charge in [-0.2, -0.15) is 0 Å². The van der Waals surface area contributed by atoms with E-state index in [2.05, 4.69) is 0 Å². The minimum Gasteiger partial charge on any atom is -0.464 e. The van der Waals surface area contributed by atoms with E-state index in [4.69, 9.17) is 10.5 Å². The predicted molar refractivity (Wildman–Crippen MR) is 99.1 cm³/mol.